The first kappa shape index (κ1) is 62.4. The summed E-state index contributed by atoms with van der Waals surface area (Å²) in [6, 6.07) is 24.1. The van der Waals surface area contributed by atoms with Crippen LogP contribution in [0.5, 0.6) is 0 Å². The number of rotatable bonds is 13. The van der Waals surface area contributed by atoms with Crippen LogP contribution < -0.4 is 15.1 Å². The van der Waals surface area contributed by atoms with Crippen molar-refractivity contribution in [3.63, 3.8) is 0 Å². The van der Waals surface area contributed by atoms with E-state index in [1.54, 1.807) is 0 Å². The monoisotopic (exact) mass is 1160 g/mol. The molecule has 4 saturated heterocycles. The van der Waals surface area contributed by atoms with Crippen molar-refractivity contribution in [2.24, 2.45) is 0 Å². The number of nitrogens with one attached hydrogen (secondary N) is 1. The minimum absolute atomic E-state index is 0. The zero-order chi connectivity index (χ0) is 56.5. The van der Waals surface area contributed by atoms with Crippen LogP contribution in [0.4, 0.5) is 29.7 Å². The second-order valence-electron chi connectivity index (χ2n) is 20.7. The number of benzene rings is 4. The molecule has 4 atom stereocenters. The molecule has 23 heteroatoms. The summed E-state index contributed by atoms with van der Waals surface area (Å²) in [7, 11) is -3.90. The van der Waals surface area contributed by atoms with Gasteiger partial charge >= 0.3 is 24.0 Å². The highest BCUT2D eigenvalue weighted by molar-refractivity contribution is 7.91. The van der Waals surface area contributed by atoms with Crippen LogP contribution in [0.25, 0.3) is 0 Å². The number of amides is 4. The van der Waals surface area contributed by atoms with E-state index in [2.05, 4.69) is 64.1 Å². The van der Waals surface area contributed by atoms with Crippen LogP contribution in [-0.4, -0.2) is 186 Å². The molecule has 79 heavy (non-hydrogen) atoms. The average molecular weight is 1160 g/mol. The number of likely N-dealkylation sites (N-methyl/N-ethyl adjacent to an activating group) is 1. The van der Waals surface area contributed by atoms with E-state index in [9.17, 15) is 40.4 Å². The van der Waals surface area contributed by atoms with Gasteiger partial charge in [0.2, 0.25) is 0 Å². The Kier molecular flexibility index (Phi) is 21.8. The first-order valence-electron chi connectivity index (χ1n) is 26.5. The zero-order valence-corrected chi connectivity index (χ0v) is 48.6. The molecule has 4 aromatic carbocycles. The lowest BCUT2D eigenvalue weighted by Crippen LogP contribution is -2.55. The predicted molar refractivity (Wildman–Crippen MR) is 303 cm³/mol. The summed E-state index contributed by atoms with van der Waals surface area (Å²) >= 11 is 0. The molecule has 0 aromatic heterocycles. The summed E-state index contributed by atoms with van der Waals surface area (Å²) in [5.74, 6) is -2.98. The van der Waals surface area contributed by atoms with Crippen molar-refractivity contribution in [1.82, 2.24) is 29.8 Å². The van der Waals surface area contributed by atoms with E-state index < -0.39 is 55.3 Å². The van der Waals surface area contributed by atoms with E-state index in [1.165, 1.54) is 58.1 Å². The highest BCUT2D eigenvalue weighted by atomic mass is 35.5. The van der Waals surface area contributed by atoms with Crippen molar-refractivity contribution in [2.75, 3.05) is 106 Å². The van der Waals surface area contributed by atoms with Crippen LogP contribution in [0.2, 0.25) is 0 Å². The first-order valence-corrected chi connectivity index (χ1v) is 30.1. The number of anilines is 2. The Morgan fingerprint density at radius 3 is 1.25 bits per heavy atom. The summed E-state index contributed by atoms with van der Waals surface area (Å²) < 4.78 is 87.0. The number of halogens is 3. The van der Waals surface area contributed by atoms with Crippen molar-refractivity contribution in [3.05, 3.63) is 130 Å². The molecule has 4 amide bonds. The number of ether oxygens (including phenoxy) is 2. The fourth-order valence-electron chi connectivity index (χ4n) is 10.4. The molecule has 4 fully saturated rings. The molecule has 1 N–H and O–H groups in total. The number of piperazine rings is 2. The largest absolute Gasteiger partial charge is 0.465 e. The van der Waals surface area contributed by atoms with E-state index in [4.69, 9.17) is 0 Å². The lowest BCUT2D eigenvalue weighted by atomic mass is 10.1. The molecule has 432 valence electrons. The fraction of sp³-hybridized carbons (Fsp3) is 0.500. The van der Waals surface area contributed by atoms with Crippen LogP contribution in [0, 0.1) is 11.6 Å². The van der Waals surface area contributed by atoms with Gasteiger partial charge in [0.05, 0.1) is 61.4 Å². The van der Waals surface area contributed by atoms with Crippen molar-refractivity contribution in [2.45, 2.75) is 85.0 Å². The summed E-state index contributed by atoms with van der Waals surface area (Å²) in [5.41, 5.74) is 3.97. The van der Waals surface area contributed by atoms with Crippen molar-refractivity contribution in [3.8, 4) is 0 Å². The maximum Gasteiger partial charge on any atom is 0.337 e. The molecule has 0 unspecified atom stereocenters. The Labute approximate surface area is 470 Å². The molecule has 0 radical (unpaired) electrons. The molecule has 0 bridgehead atoms. The SMILES string of the molecule is CCN1C[C@@H](C)N(Cc2ccc(N(Cc3ccc(C(=O)OC)cc3F)C(=O)N3CCS(=O)(=O)CC3)cc2)[C@@H](C)C1.COC(=O)c1ccc(CN(C(=O)N2CCS(=O)(=O)CC2)c2ccc(CN3[C@H](C)CNC[C@@H]3C)cc2)c(F)c1.Cl. The topological polar surface area (TPSA) is 190 Å². The number of sulfone groups is 2. The van der Waals surface area contributed by atoms with Gasteiger partial charge in [-0.15, -0.1) is 12.4 Å². The van der Waals surface area contributed by atoms with E-state index in [0.717, 1.165) is 69.1 Å². The normalized spacial score (nSPS) is 21.4. The van der Waals surface area contributed by atoms with Crippen molar-refractivity contribution < 1.29 is 54.3 Å². The minimum atomic E-state index is -3.18. The number of hydrogen-bond donors (Lipinski definition) is 1. The van der Waals surface area contributed by atoms with Crippen LogP contribution in [0.3, 0.4) is 0 Å². The van der Waals surface area contributed by atoms with Crippen LogP contribution in [0.1, 0.15) is 77.6 Å². The number of esters is 2. The standard InChI is InChI=1S/C29H39FN4O5S.C27H35FN4O5S.ClH/c1-5-31-17-21(2)33(22(3)18-31)19-23-6-10-26(11-7-23)34(29(36)32-12-14-40(37,38)15-13-32)20-25-9-8-24(16-27(25)30)28(35)39-4;1-19-15-29-16-20(2)31(19)17-21-4-8-24(9-5-21)32(27(34)30-10-12-38(35,36)13-11-30)18-23-7-6-22(14-25(23)28)26(33)37-3;/h6-11,16,21-22H,5,12-15,17-20H2,1-4H3;4-9,14,19-20,29H,10-13,15-18H2,1-3H3;1H/t21-,22+;19-,20+;. The van der Waals surface area contributed by atoms with Gasteiger partial charge in [0.15, 0.2) is 19.7 Å². The molecule has 18 nitrogen and oxygen atoms in total. The molecule has 8 rings (SSSR count). The number of carbonyl (C=O) groups excluding carboxylic acids is 4. The quantitative estimate of drug-likeness (QED) is 0.144. The van der Waals surface area contributed by atoms with Gasteiger partial charge in [-0.2, -0.15) is 0 Å². The van der Waals surface area contributed by atoms with E-state index in [-0.39, 0.29) is 96.9 Å². The lowest BCUT2D eigenvalue weighted by Gasteiger charge is -2.44. The third kappa shape index (κ3) is 16.2. The summed E-state index contributed by atoms with van der Waals surface area (Å²) in [6.07, 6.45) is 0. The van der Waals surface area contributed by atoms with Gasteiger partial charge in [-0.1, -0.05) is 43.3 Å². The molecule has 4 aliphatic heterocycles. The average Bonchev–Trinajstić information content (AvgIpc) is 3.43. The maximum absolute atomic E-state index is 15.0. The maximum atomic E-state index is 15.0. The molecule has 0 spiro atoms. The van der Waals surface area contributed by atoms with Gasteiger partial charge in [0.1, 0.15) is 11.6 Å². The molecular weight excluding hydrogens is 1080 g/mol. The molecule has 4 aromatic rings. The minimum Gasteiger partial charge on any atom is -0.465 e. The second kappa shape index (κ2) is 27.6. The number of urea groups is 2. The lowest BCUT2D eigenvalue weighted by molar-refractivity contribution is 0.0356. The smallest absolute Gasteiger partial charge is 0.337 e. The first-order chi connectivity index (χ1) is 37.1. The third-order valence-electron chi connectivity index (χ3n) is 15.2. The van der Waals surface area contributed by atoms with E-state index in [0.29, 0.717) is 35.5 Å². The Morgan fingerprint density at radius 1 is 0.570 bits per heavy atom. The molecular formula is C56H75ClF2N8O10S2. The Balaban J connectivity index is 0.000000252. The molecule has 4 aliphatic rings. The van der Waals surface area contributed by atoms with Gasteiger partial charge in [-0.25, -0.2) is 44.8 Å². The van der Waals surface area contributed by atoms with Crippen LogP contribution in [0.15, 0.2) is 84.9 Å². The van der Waals surface area contributed by atoms with E-state index in [1.807, 2.05) is 48.5 Å². The summed E-state index contributed by atoms with van der Waals surface area (Å²) in [4.78, 5) is 64.1. The number of carbonyl (C=O) groups is 4. The second-order valence-corrected chi connectivity index (χ2v) is 25.3. The molecule has 0 aliphatic carbocycles. The fourth-order valence-corrected chi connectivity index (χ4v) is 12.8. The summed E-state index contributed by atoms with van der Waals surface area (Å²) in [5, 5.41) is 3.43. The van der Waals surface area contributed by atoms with Gasteiger partial charge in [-0.05, 0) is 93.9 Å². The van der Waals surface area contributed by atoms with Crippen LogP contribution >= 0.6 is 12.4 Å². The highest BCUT2D eigenvalue weighted by Gasteiger charge is 2.33. The van der Waals surface area contributed by atoms with Crippen molar-refractivity contribution in [1.29, 1.82) is 0 Å². The van der Waals surface area contributed by atoms with Crippen LogP contribution in [-0.2, 0) is 55.3 Å². The number of hydrogen-bond acceptors (Lipinski definition) is 14. The highest BCUT2D eigenvalue weighted by Crippen LogP contribution is 2.28. The van der Waals surface area contributed by atoms with Gasteiger partial charge in [0.25, 0.3) is 0 Å². The van der Waals surface area contributed by atoms with E-state index >= 15 is 4.39 Å². The Bertz CT molecular complexity index is 2950. The summed E-state index contributed by atoms with van der Waals surface area (Å²) in [6.45, 7) is 17.7. The predicted octanol–water partition coefficient (Wildman–Crippen LogP) is 6.46. The number of methoxy groups -OCH3 is 2. The van der Waals surface area contributed by atoms with Gasteiger partial charge < -0.3 is 29.5 Å². The molecule has 4 heterocycles. The Morgan fingerprint density at radius 2 is 0.924 bits per heavy atom. The van der Waals surface area contributed by atoms with Crippen molar-refractivity contribution >= 4 is 67.5 Å². The zero-order valence-electron chi connectivity index (χ0n) is 46.1. The van der Waals surface area contributed by atoms with Gasteiger partial charge in [0, 0.05) is 112 Å². The van der Waals surface area contributed by atoms with Gasteiger partial charge in [-0.3, -0.25) is 19.6 Å². The molecule has 0 saturated carbocycles. The number of nitrogens with zero attached hydrogens (tertiary/aromatic N) is 7. The Hall–Kier alpha value is -5.75. The third-order valence-corrected chi connectivity index (χ3v) is 18.4.